The van der Waals surface area contributed by atoms with Crippen molar-refractivity contribution < 1.29 is 5.11 Å². The molecule has 0 spiro atoms. The molecule has 0 saturated heterocycles. The van der Waals surface area contributed by atoms with Gasteiger partial charge in [0.25, 0.3) is 0 Å². The lowest BCUT2D eigenvalue weighted by Gasteiger charge is -2.37. The zero-order chi connectivity index (χ0) is 11.4. The van der Waals surface area contributed by atoms with E-state index in [4.69, 9.17) is 5.11 Å². The summed E-state index contributed by atoms with van der Waals surface area (Å²) >= 11 is 0. The van der Waals surface area contributed by atoms with Crippen molar-refractivity contribution >= 4 is 5.95 Å². The Labute approximate surface area is 96.3 Å². The molecule has 1 N–H and O–H groups in total. The van der Waals surface area contributed by atoms with Crippen molar-refractivity contribution in [3.63, 3.8) is 0 Å². The van der Waals surface area contributed by atoms with Crippen molar-refractivity contribution in [3.8, 4) is 0 Å². The number of aromatic nitrogens is 2. The normalized spacial score (nSPS) is 15.9. The van der Waals surface area contributed by atoms with Crippen LogP contribution in [-0.4, -0.2) is 34.3 Å². The number of aryl methyl sites for hydroxylation is 1. The molecule has 16 heavy (non-hydrogen) atoms. The van der Waals surface area contributed by atoms with E-state index in [1.165, 1.54) is 19.3 Å². The van der Waals surface area contributed by atoms with Gasteiger partial charge < -0.3 is 10.0 Å². The van der Waals surface area contributed by atoms with E-state index in [0.717, 1.165) is 24.6 Å². The number of hydrogen-bond acceptors (Lipinski definition) is 4. The van der Waals surface area contributed by atoms with E-state index in [1.54, 1.807) is 0 Å². The zero-order valence-corrected chi connectivity index (χ0v) is 9.76. The molecule has 2 rings (SSSR count). The summed E-state index contributed by atoms with van der Waals surface area (Å²) in [6, 6.07) is 2.49. The molecule has 88 valence electrons. The van der Waals surface area contributed by atoms with Crippen LogP contribution in [-0.2, 0) is 0 Å². The van der Waals surface area contributed by atoms with Crippen LogP contribution in [0.3, 0.4) is 0 Å². The summed E-state index contributed by atoms with van der Waals surface area (Å²) in [5, 5.41) is 8.92. The van der Waals surface area contributed by atoms with E-state index in [1.807, 2.05) is 19.2 Å². The Hall–Kier alpha value is -1.16. The first-order valence-electron chi connectivity index (χ1n) is 5.98. The molecule has 1 saturated carbocycles. The van der Waals surface area contributed by atoms with E-state index in [2.05, 4.69) is 14.9 Å². The van der Waals surface area contributed by atoms with Gasteiger partial charge in [-0.1, -0.05) is 0 Å². The lowest BCUT2D eigenvalue weighted by molar-refractivity contribution is 0.282. The minimum Gasteiger partial charge on any atom is -0.396 e. The first kappa shape index (κ1) is 11.3. The molecule has 1 aromatic heterocycles. The summed E-state index contributed by atoms with van der Waals surface area (Å²) in [5.41, 5.74) is 0.998. The lowest BCUT2D eigenvalue weighted by atomic mass is 9.91. The molecular weight excluding hydrogens is 202 g/mol. The molecular formula is C12H19N3O. The van der Waals surface area contributed by atoms with Gasteiger partial charge in [0.05, 0.1) is 0 Å². The number of aliphatic hydroxyl groups is 1. The van der Waals surface area contributed by atoms with Crippen LogP contribution in [0.15, 0.2) is 12.3 Å². The van der Waals surface area contributed by atoms with Gasteiger partial charge >= 0.3 is 0 Å². The third-order valence-corrected chi connectivity index (χ3v) is 3.11. The Balaban J connectivity index is 2.10. The number of aliphatic hydroxyl groups excluding tert-OH is 1. The zero-order valence-electron chi connectivity index (χ0n) is 9.76. The first-order valence-corrected chi connectivity index (χ1v) is 5.98. The quantitative estimate of drug-likeness (QED) is 0.819. The molecule has 0 aliphatic heterocycles. The second kappa shape index (κ2) is 5.25. The van der Waals surface area contributed by atoms with Crippen LogP contribution < -0.4 is 4.90 Å². The predicted molar refractivity (Wildman–Crippen MR) is 63.5 cm³/mol. The number of hydrogen-bond donors (Lipinski definition) is 1. The highest BCUT2D eigenvalue weighted by Crippen LogP contribution is 2.27. The van der Waals surface area contributed by atoms with Gasteiger partial charge in [-0.2, -0.15) is 0 Å². The third-order valence-electron chi connectivity index (χ3n) is 3.11. The molecule has 4 nitrogen and oxygen atoms in total. The Bertz CT molecular complexity index is 339. The van der Waals surface area contributed by atoms with Crippen LogP contribution in [0.5, 0.6) is 0 Å². The van der Waals surface area contributed by atoms with Gasteiger partial charge in [0.15, 0.2) is 0 Å². The summed E-state index contributed by atoms with van der Waals surface area (Å²) in [4.78, 5) is 11.0. The van der Waals surface area contributed by atoms with Crippen molar-refractivity contribution in [2.45, 2.75) is 38.6 Å². The van der Waals surface area contributed by atoms with Crippen LogP contribution >= 0.6 is 0 Å². The maximum absolute atomic E-state index is 8.92. The molecule has 0 aromatic carbocycles. The molecule has 1 aliphatic carbocycles. The largest absolute Gasteiger partial charge is 0.396 e. The van der Waals surface area contributed by atoms with Crippen LogP contribution in [0.4, 0.5) is 5.95 Å². The molecule has 1 fully saturated rings. The number of anilines is 1. The van der Waals surface area contributed by atoms with Crippen molar-refractivity contribution in [3.05, 3.63) is 18.0 Å². The molecule has 0 radical (unpaired) electrons. The second-order valence-corrected chi connectivity index (χ2v) is 4.35. The summed E-state index contributed by atoms with van der Waals surface area (Å²) < 4.78 is 0. The summed E-state index contributed by atoms with van der Waals surface area (Å²) in [6.07, 6.45) is 6.34. The fraction of sp³-hybridized carbons (Fsp3) is 0.667. The molecule has 1 aliphatic rings. The molecule has 0 bridgehead atoms. The number of rotatable bonds is 5. The molecule has 4 heteroatoms. The van der Waals surface area contributed by atoms with Gasteiger partial charge in [-0.25, -0.2) is 9.97 Å². The first-order chi connectivity index (χ1) is 7.81. The van der Waals surface area contributed by atoms with Crippen LogP contribution in [0.25, 0.3) is 0 Å². The van der Waals surface area contributed by atoms with Crippen molar-refractivity contribution in [1.29, 1.82) is 0 Å². The van der Waals surface area contributed by atoms with Crippen LogP contribution in [0.2, 0.25) is 0 Å². The van der Waals surface area contributed by atoms with E-state index in [-0.39, 0.29) is 6.61 Å². The Morgan fingerprint density at radius 3 is 2.88 bits per heavy atom. The highest BCUT2D eigenvalue weighted by Gasteiger charge is 2.26. The smallest absolute Gasteiger partial charge is 0.225 e. The fourth-order valence-electron chi connectivity index (χ4n) is 1.96. The van der Waals surface area contributed by atoms with Gasteiger partial charge in [0, 0.05) is 31.1 Å². The minimum absolute atomic E-state index is 0.231. The highest BCUT2D eigenvalue weighted by molar-refractivity contribution is 5.32. The molecule has 1 aromatic rings. The molecule has 1 heterocycles. The van der Waals surface area contributed by atoms with Gasteiger partial charge in [0.2, 0.25) is 5.95 Å². The van der Waals surface area contributed by atoms with Crippen molar-refractivity contribution in [2.24, 2.45) is 0 Å². The average Bonchev–Trinajstić information content (AvgIpc) is 2.21. The van der Waals surface area contributed by atoms with Crippen LogP contribution in [0, 0.1) is 6.92 Å². The van der Waals surface area contributed by atoms with E-state index in [9.17, 15) is 0 Å². The van der Waals surface area contributed by atoms with E-state index in [0.29, 0.717) is 6.04 Å². The van der Waals surface area contributed by atoms with Crippen molar-refractivity contribution in [1.82, 2.24) is 9.97 Å². The third kappa shape index (κ3) is 2.50. The van der Waals surface area contributed by atoms with Crippen molar-refractivity contribution in [2.75, 3.05) is 18.1 Å². The lowest BCUT2D eigenvalue weighted by Crippen LogP contribution is -2.42. The maximum atomic E-state index is 8.92. The molecule has 0 unspecified atom stereocenters. The maximum Gasteiger partial charge on any atom is 0.225 e. The highest BCUT2D eigenvalue weighted by atomic mass is 16.3. The standard InChI is InChI=1S/C12H19N3O/c1-10-6-7-13-12(14-10)15(8-3-9-16)11-4-2-5-11/h6-7,11,16H,2-5,8-9H2,1H3. The summed E-state index contributed by atoms with van der Waals surface area (Å²) in [6.45, 7) is 3.07. The van der Waals surface area contributed by atoms with Gasteiger partial charge in [-0.3, -0.25) is 0 Å². The SMILES string of the molecule is Cc1ccnc(N(CCCO)C2CCC2)n1. The predicted octanol–water partition coefficient (Wildman–Crippen LogP) is 1.53. The number of nitrogens with zero attached hydrogens (tertiary/aromatic N) is 3. The van der Waals surface area contributed by atoms with Gasteiger partial charge in [-0.05, 0) is 38.7 Å². The molecule has 0 atom stereocenters. The minimum atomic E-state index is 0.231. The summed E-state index contributed by atoms with van der Waals surface area (Å²) in [7, 11) is 0. The topological polar surface area (TPSA) is 49.2 Å². The average molecular weight is 221 g/mol. The fourth-order valence-corrected chi connectivity index (χ4v) is 1.96. The van der Waals surface area contributed by atoms with Gasteiger partial charge in [-0.15, -0.1) is 0 Å². The van der Waals surface area contributed by atoms with E-state index < -0.39 is 0 Å². The van der Waals surface area contributed by atoms with E-state index >= 15 is 0 Å². The Morgan fingerprint density at radius 2 is 2.31 bits per heavy atom. The van der Waals surface area contributed by atoms with Gasteiger partial charge in [0.1, 0.15) is 0 Å². The monoisotopic (exact) mass is 221 g/mol. The van der Waals surface area contributed by atoms with Crippen LogP contribution in [0.1, 0.15) is 31.4 Å². The molecule has 0 amide bonds. The Morgan fingerprint density at radius 1 is 1.50 bits per heavy atom. The Kier molecular flexibility index (Phi) is 3.72. The summed E-state index contributed by atoms with van der Waals surface area (Å²) in [5.74, 6) is 0.818. The second-order valence-electron chi connectivity index (χ2n) is 4.35.